The van der Waals surface area contributed by atoms with Crippen LogP contribution in [-0.4, -0.2) is 0 Å². The molecular formula is C40H58. The fraction of sp³-hybridized carbons (Fsp3) is 0.400. The predicted molar refractivity (Wildman–Crippen MR) is 186 cm³/mol. The van der Waals surface area contributed by atoms with Gasteiger partial charge in [0.25, 0.3) is 0 Å². The van der Waals surface area contributed by atoms with Crippen molar-refractivity contribution in [3.8, 4) is 0 Å². The first kappa shape index (κ1) is 36.9. The SMILES string of the molecule is CC(C)=CCC/C(C)=C/C=C\C(C)=C/C=C/C(C)=C/C=C/C=C(C)/C=C/C=C(/C)CC/C=C(\C)CCC=C(C)C. The first-order valence-electron chi connectivity index (χ1n) is 15.0. The quantitative estimate of drug-likeness (QED) is 0.128. The van der Waals surface area contributed by atoms with Crippen LogP contribution in [0.25, 0.3) is 0 Å². The first-order chi connectivity index (χ1) is 19.0. The number of hydrogen-bond donors (Lipinski definition) is 0. The molecule has 0 heteroatoms. The van der Waals surface area contributed by atoms with Gasteiger partial charge in [-0.3, -0.25) is 0 Å². The van der Waals surface area contributed by atoms with Crippen LogP contribution in [0.1, 0.15) is 108 Å². The summed E-state index contributed by atoms with van der Waals surface area (Å²) in [6, 6.07) is 0. The summed E-state index contributed by atoms with van der Waals surface area (Å²) in [6.45, 7) is 21.7. The number of allylic oxidation sites excluding steroid dienone is 24. The van der Waals surface area contributed by atoms with Crippen LogP contribution in [0.15, 0.2) is 142 Å². The van der Waals surface area contributed by atoms with Gasteiger partial charge >= 0.3 is 0 Å². The minimum absolute atomic E-state index is 1.11. The van der Waals surface area contributed by atoms with Gasteiger partial charge in [-0.2, -0.15) is 0 Å². The molecule has 0 atom stereocenters. The number of rotatable bonds is 17. The lowest BCUT2D eigenvalue weighted by molar-refractivity contribution is 0.918. The molecule has 0 saturated carbocycles. The highest BCUT2D eigenvalue weighted by Gasteiger charge is 1.91. The van der Waals surface area contributed by atoms with Crippen molar-refractivity contribution in [3.63, 3.8) is 0 Å². The summed E-state index contributed by atoms with van der Waals surface area (Å²) >= 11 is 0. The van der Waals surface area contributed by atoms with Crippen LogP contribution < -0.4 is 0 Å². The van der Waals surface area contributed by atoms with Crippen LogP contribution in [-0.2, 0) is 0 Å². The van der Waals surface area contributed by atoms with Crippen molar-refractivity contribution in [1.29, 1.82) is 0 Å². The van der Waals surface area contributed by atoms with Gasteiger partial charge in [0.1, 0.15) is 0 Å². The van der Waals surface area contributed by atoms with Gasteiger partial charge in [0.2, 0.25) is 0 Å². The van der Waals surface area contributed by atoms with Gasteiger partial charge < -0.3 is 0 Å². The molecule has 0 aromatic heterocycles. The molecule has 0 fully saturated rings. The topological polar surface area (TPSA) is 0 Å². The predicted octanol–water partition coefficient (Wildman–Crippen LogP) is 13.2. The molecule has 0 nitrogen and oxygen atoms in total. The lowest BCUT2D eigenvalue weighted by atomic mass is 10.1. The molecule has 0 rings (SSSR count). The van der Waals surface area contributed by atoms with Crippen molar-refractivity contribution in [2.45, 2.75) is 108 Å². The van der Waals surface area contributed by atoms with Crippen molar-refractivity contribution in [2.24, 2.45) is 0 Å². The summed E-state index contributed by atoms with van der Waals surface area (Å²) in [5, 5.41) is 0. The largest absolute Gasteiger partial charge is 0.0856 e. The fourth-order valence-electron chi connectivity index (χ4n) is 3.65. The average molecular weight is 539 g/mol. The molecule has 0 amide bonds. The van der Waals surface area contributed by atoms with E-state index in [2.05, 4.69) is 166 Å². The Labute approximate surface area is 249 Å². The van der Waals surface area contributed by atoms with Gasteiger partial charge in [0.15, 0.2) is 0 Å². The Morgan fingerprint density at radius 2 is 0.675 bits per heavy atom. The molecule has 0 N–H and O–H groups in total. The van der Waals surface area contributed by atoms with Gasteiger partial charge in [0, 0.05) is 0 Å². The highest BCUT2D eigenvalue weighted by molar-refractivity contribution is 5.31. The molecule has 0 aromatic rings. The molecule has 0 aliphatic rings. The average Bonchev–Trinajstić information content (AvgIpc) is 2.86. The zero-order valence-electron chi connectivity index (χ0n) is 27.5. The standard InChI is InChI=1S/C40H58/c1-33(2)19-13-23-37(7)27-17-31-39(9)29-15-25-35(5)21-11-12-22-36(6)26-16-30-40(10)32-18-28-38(8)24-14-20-34(3)4/h11-12,15-17,19-22,25-31H,13-14,18,23-24,32H2,1-10H3/b12-11+,25-15+,26-16+,31-17-,35-21+,36-22+,37-27+,38-28+,39-29-,40-30-. The molecule has 0 saturated heterocycles. The second-order valence-corrected chi connectivity index (χ2v) is 11.4. The van der Waals surface area contributed by atoms with Crippen molar-refractivity contribution in [2.75, 3.05) is 0 Å². The van der Waals surface area contributed by atoms with E-state index in [1.807, 2.05) is 0 Å². The Bertz CT molecular complexity index is 1100. The third-order valence-electron chi connectivity index (χ3n) is 6.24. The summed E-state index contributed by atoms with van der Waals surface area (Å²) in [5.41, 5.74) is 10.8. The molecule has 0 aliphatic heterocycles. The summed E-state index contributed by atoms with van der Waals surface area (Å²) < 4.78 is 0. The maximum absolute atomic E-state index is 2.39. The zero-order valence-corrected chi connectivity index (χ0v) is 27.5. The molecule has 0 aromatic carbocycles. The lowest BCUT2D eigenvalue weighted by Gasteiger charge is -2.00. The van der Waals surface area contributed by atoms with E-state index < -0.39 is 0 Å². The molecule has 0 aliphatic carbocycles. The van der Waals surface area contributed by atoms with Crippen LogP contribution >= 0.6 is 0 Å². The summed E-state index contributed by atoms with van der Waals surface area (Å²) in [6.07, 6.45) is 41.8. The van der Waals surface area contributed by atoms with Gasteiger partial charge in [-0.15, -0.1) is 0 Å². The van der Waals surface area contributed by atoms with Crippen LogP contribution in [0.5, 0.6) is 0 Å². The first-order valence-corrected chi connectivity index (χ1v) is 15.0. The normalized spacial score (nSPS) is 14.8. The van der Waals surface area contributed by atoms with Crippen molar-refractivity contribution in [1.82, 2.24) is 0 Å². The second kappa shape index (κ2) is 23.7. The highest BCUT2D eigenvalue weighted by Crippen LogP contribution is 2.12. The van der Waals surface area contributed by atoms with E-state index in [0.717, 1.165) is 32.1 Å². The Morgan fingerprint density at radius 3 is 1.07 bits per heavy atom. The van der Waals surface area contributed by atoms with E-state index in [1.165, 1.54) is 51.0 Å². The Hall–Kier alpha value is -3.12. The summed E-state index contributed by atoms with van der Waals surface area (Å²) in [5.74, 6) is 0. The smallest absolute Gasteiger partial charge is 0.0285 e. The van der Waals surface area contributed by atoms with E-state index in [0.29, 0.717) is 0 Å². The van der Waals surface area contributed by atoms with E-state index in [1.54, 1.807) is 0 Å². The monoisotopic (exact) mass is 538 g/mol. The van der Waals surface area contributed by atoms with Gasteiger partial charge in [-0.1, -0.05) is 142 Å². The van der Waals surface area contributed by atoms with Crippen molar-refractivity contribution < 1.29 is 0 Å². The zero-order chi connectivity index (χ0) is 30.2. The van der Waals surface area contributed by atoms with Crippen molar-refractivity contribution in [3.05, 3.63) is 142 Å². The Balaban J connectivity index is 4.60. The molecule has 40 heavy (non-hydrogen) atoms. The molecular weight excluding hydrogens is 480 g/mol. The third-order valence-corrected chi connectivity index (χ3v) is 6.24. The van der Waals surface area contributed by atoms with Gasteiger partial charge in [-0.25, -0.2) is 0 Å². The molecule has 0 spiro atoms. The Morgan fingerprint density at radius 1 is 0.350 bits per heavy atom. The highest BCUT2D eigenvalue weighted by atomic mass is 14.0. The second-order valence-electron chi connectivity index (χ2n) is 11.4. The van der Waals surface area contributed by atoms with E-state index in [9.17, 15) is 0 Å². The fourth-order valence-corrected chi connectivity index (χ4v) is 3.65. The van der Waals surface area contributed by atoms with Gasteiger partial charge in [-0.05, 0) is 108 Å². The van der Waals surface area contributed by atoms with Crippen LogP contribution in [0.2, 0.25) is 0 Å². The minimum atomic E-state index is 1.11. The molecule has 0 heterocycles. The van der Waals surface area contributed by atoms with Crippen LogP contribution in [0, 0.1) is 0 Å². The molecule has 218 valence electrons. The number of hydrogen-bond acceptors (Lipinski definition) is 0. The van der Waals surface area contributed by atoms with E-state index in [4.69, 9.17) is 0 Å². The van der Waals surface area contributed by atoms with Crippen LogP contribution in [0.3, 0.4) is 0 Å². The molecule has 0 bridgehead atoms. The Kier molecular flexibility index (Phi) is 21.9. The van der Waals surface area contributed by atoms with Gasteiger partial charge in [0.05, 0.1) is 0 Å². The molecule has 0 unspecified atom stereocenters. The van der Waals surface area contributed by atoms with E-state index in [-0.39, 0.29) is 0 Å². The maximum atomic E-state index is 2.39. The molecule has 0 radical (unpaired) electrons. The van der Waals surface area contributed by atoms with E-state index >= 15 is 0 Å². The summed E-state index contributed by atoms with van der Waals surface area (Å²) in [7, 11) is 0. The van der Waals surface area contributed by atoms with Crippen LogP contribution in [0.4, 0.5) is 0 Å². The lowest BCUT2D eigenvalue weighted by Crippen LogP contribution is -1.80. The maximum Gasteiger partial charge on any atom is -0.0285 e. The summed E-state index contributed by atoms with van der Waals surface area (Å²) in [4.78, 5) is 0. The minimum Gasteiger partial charge on any atom is -0.0856 e. The third kappa shape index (κ3) is 25.2. The van der Waals surface area contributed by atoms with Crippen molar-refractivity contribution >= 4 is 0 Å².